The molecular weight excluding hydrogens is 436 g/mol. The second-order valence-electron chi connectivity index (χ2n) is 8.04. The number of hydrogen-bond donors (Lipinski definition) is 0. The Morgan fingerprint density at radius 1 is 1.21 bits per heavy atom. The number of aromatic nitrogens is 2. The summed E-state index contributed by atoms with van der Waals surface area (Å²) in [6.07, 6.45) is 3.63. The van der Waals surface area contributed by atoms with Crippen LogP contribution in [0.4, 0.5) is 5.69 Å². The van der Waals surface area contributed by atoms with Crippen molar-refractivity contribution in [3.8, 4) is 27.7 Å². The highest BCUT2D eigenvalue weighted by atomic mass is 32.1. The minimum absolute atomic E-state index is 0.00832. The zero-order valence-electron chi connectivity index (χ0n) is 19.2. The second kappa shape index (κ2) is 10.1. The second-order valence-corrected chi connectivity index (χ2v) is 8.90. The van der Waals surface area contributed by atoms with Gasteiger partial charge in [0.25, 0.3) is 5.91 Å². The fraction of sp³-hybridized carbons (Fsp3) is 0.360. The van der Waals surface area contributed by atoms with Gasteiger partial charge in [-0.3, -0.25) is 19.5 Å². The molecule has 0 spiro atoms. The van der Waals surface area contributed by atoms with Crippen LogP contribution in [0, 0.1) is 0 Å². The zero-order valence-corrected chi connectivity index (χ0v) is 20.0. The number of fused-ring (bicyclic) bond motifs is 1. The quantitative estimate of drug-likeness (QED) is 0.486. The van der Waals surface area contributed by atoms with Crippen molar-refractivity contribution in [2.45, 2.75) is 39.2 Å². The molecule has 1 aliphatic heterocycles. The number of carbonyl (C=O) groups is 2. The summed E-state index contributed by atoms with van der Waals surface area (Å²) < 4.78 is 5.95. The summed E-state index contributed by atoms with van der Waals surface area (Å²) in [5.41, 5.74) is 3.07. The Bertz CT molecular complexity index is 1130. The zero-order chi connectivity index (χ0) is 23.4. The van der Waals surface area contributed by atoms with Gasteiger partial charge in [0.1, 0.15) is 17.3 Å². The monoisotopic (exact) mass is 464 g/mol. The molecule has 2 amide bonds. The number of anilines is 1. The number of rotatable bonds is 8. The minimum Gasteiger partial charge on any atom is -0.478 e. The van der Waals surface area contributed by atoms with Gasteiger partial charge in [0.05, 0.1) is 17.1 Å². The van der Waals surface area contributed by atoms with E-state index in [-0.39, 0.29) is 18.4 Å². The molecule has 1 atom stereocenters. The Morgan fingerprint density at radius 3 is 2.79 bits per heavy atom. The molecule has 1 aliphatic rings. The molecule has 2 aromatic heterocycles. The van der Waals surface area contributed by atoms with Crippen LogP contribution in [-0.4, -0.2) is 52.9 Å². The van der Waals surface area contributed by atoms with Crippen LogP contribution in [0.15, 0.2) is 48.0 Å². The fourth-order valence-corrected chi connectivity index (χ4v) is 4.50. The van der Waals surface area contributed by atoms with E-state index in [4.69, 9.17) is 9.72 Å². The Morgan fingerprint density at radius 2 is 2.06 bits per heavy atom. The van der Waals surface area contributed by atoms with Crippen LogP contribution in [0.1, 0.15) is 33.1 Å². The lowest BCUT2D eigenvalue weighted by atomic mass is 10.1. The topological polar surface area (TPSA) is 75.6 Å². The van der Waals surface area contributed by atoms with E-state index < -0.39 is 6.10 Å². The van der Waals surface area contributed by atoms with E-state index in [2.05, 4.69) is 11.9 Å². The van der Waals surface area contributed by atoms with E-state index in [0.717, 1.165) is 34.8 Å². The van der Waals surface area contributed by atoms with Crippen LogP contribution < -0.4 is 9.64 Å². The molecule has 172 valence electrons. The molecule has 33 heavy (non-hydrogen) atoms. The summed E-state index contributed by atoms with van der Waals surface area (Å²) in [6.45, 7) is 4.66. The number of benzene rings is 1. The molecule has 0 aliphatic carbocycles. The number of nitrogens with zero attached hydrogens (tertiary/aromatic N) is 4. The van der Waals surface area contributed by atoms with Gasteiger partial charge in [-0.05, 0) is 43.2 Å². The van der Waals surface area contributed by atoms with Crippen LogP contribution in [0.3, 0.4) is 0 Å². The molecule has 0 N–H and O–H groups in total. The van der Waals surface area contributed by atoms with Gasteiger partial charge in [0, 0.05) is 30.7 Å². The first-order valence-corrected chi connectivity index (χ1v) is 12.1. The Kier molecular flexibility index (Phi) is 7.03. The predicted octanol–water partition coefficient (Wildman–Crippen LogP) is 4.63. The van der Waals surface area contributed by atoms with E-state index in [9.17, 15) is 9.59 Å². The van der Waals surface area contributed by atoms with Crippen molar-refractivity contribution in [2.24, 2.45) is 0 Å². The molecule has 0 bridgehead atoms. The first kappa shape index (κ1) is 22.9. The summed E-state index contributed by atoms with van der Waals surface area (Å²) in [5, 5.41) is 2.80. The molecule has 3 aromatic rings. The van der Waals surface area contributed by atoms with Crippen LogP contribution in [0.25, 0.3) is 22.0 Å². The number of ether oxygens (including phenoxy) is 1. The molecule has 1 aromatic carbocycles. The van der Waals surface area contributed by atoms with E-state index in [1.807, 2.05) is 48.7 Å². The molecule has 7 nitrogen and oxygen atoms in total. The normalized spacial score (nSPS) is 15.2. The standard InChI is InChI=1S/C25H28N4O3S/c1-4-6-13-28(3)23(30)15-29-20-14-17(10-11-22(20)32-21(5-2)25(29)31)19-16-33-24(27-19)18-9-7-8-12-26-18/h7-12,14,16,21H,4-6,13,15H2,1-3H3. The third-order valence-corrected chi connectivity index (χ3v) is 6.55. The highest BCUT2D eigenvalue weighted by Crippen LogP contribution is 2.39. The molecule has 3 heterocycles. The van der Waals surface area contributed by atoms with Crippen molar-refractivity contribution in [1.29, 1.82) is 0 Å². The number of likely N-dealkylation sites (N-methyl/N-ethyl adjacent to an activating group) is 1. The van der Waals surface area contributed by atoms with Gasteiger partial charge in [0.15, 0.2) is 6.10 Å². The lowest BCUT2D eigenvalue weighted by Crippen LogP contribution is -2.50. The maximum absolute atomic E-state index is 13.1. The first-order chi connectivity index (χ1) is 16.0. The number of amides is 2. The van der Waals surface area contributed by atoms with E-state index in [1.165, 1.54) is 11.3 Å². The minimum atomic E-state index is -0.591. The molecule has 0 saturated carbocycles. The molecule has 0 radical (unpaired) electrons. The van der Waals surface area contributed by atoms with Gasteiger partial charge in [0.2, 0.25) is 5.91 Å². The highest BCUT2D eigenvalue weighted by Gasteiger charge is 2.35. The van der Waals surface area contributed by atoms with Crippen LogP contribution in [0.2, 0.25) is 0 Å². The third kappa shape index (κ3) is 4.90. The van der Waals surface area contributed by atoms with Crippen molar-refractivity contribution in [2.75, 3.05) is 25.0 Å². The Balaban J connectivity index is 1.64. The summed E-state index contributed by atoms with van der Waals surface area (Å²) >= 11 is 1.52. The van der Waals surface area contributed by atoms with Gasteiger partial charge in [-0.25, -0.2) is 4.98 Å². The average Bonchev–Trinajstić information content (AvgIpc) is 3.34. The number of pyridine rings is 1. The highest BCUT2D eigenvalue weighted by molar-refractivity contribution is 7.13. The van der Waals surface area contributed by atoms with Gasteiger partial charge in [-0.1, -0.05) is 26.3 Å². The largest absolute Gasteiger partial charge is 0.478 e. The Labute approximate surface area is 198 Å². The van der Waals surface area contributed by atoms with Crippen molar-refractivity contribution >= 4 is 28.8 Å². The van der Waals surface area contributed by atoms with Gasteiger partial charge in [-0.2, -0.15) is 0 Å². The van der Waals surface area contributed by atoms with Crippen molar-refractivity contribution in [3.63, 3.8) is 0 Å². The number of hydrogen-bond acceptors (Lipinski definition) is 6. The van der Waals surface area contributed by atoms with Gasteiger partial charge in [-0.15, -0.1) is 11.3 Å². The lowest BCUT2D eigenvalue weighted by Gasteiger charge is -2.34. The molecule has 4 rings (SSSR count). The molecule has 0 fully saturated rings. The van der Waals surface area contributed by atoms with Crippen molar-refractivity contribution in [1.82, 2.24) is 14.9 Å². The van der Waals surface area contributed by atoms with E-state index in [1.54, 1.807) is 23.0 Å². The lowest BCUT2D eigenvalue weighted by molar-refractivity contribution is -0.132. The summed E-state index contributed by atoms with van der Waals surface area (Å²) in [4.78, 5) is 38.3. The Hall–Kier alpha value is -3.26. The van der Waals surface area contributed by atoms with Crippen LogP contribution in [-0.2, 0) is 9.59 Å². The number of unbranched alkanes of at least 4 members (excludes halogenated alkanes) is 1. The van der Waals surface area contributed by atoms with Crippen LogP contribution >= 0.6 is 11.3 Å². The summed E-state index contributed by atoms with van der Waals surface area (Å²) in [6, 6.07) is 11.4. The number of carbonyl (C=O) groups excluding carboxylic acids is 2. The molecule has 1 unspecified atom stereocenters. The summed E-state index contributed by atoms with van der Waals surface area (Å²) in [7, 11) is 1.78. The molecule has 0 saturated heterocycles. The van der Waals surface area contributed by atoms with Gasteiger partial charge >= 0.3 is 0 Å². The van der Waals surface area contributed by atoms with E-state index >= 15 is 0 Å². The maximum Gasteiger partial charge on any atom is 0.268 e. The summed E-state index contributed by atoms with van der Waals surface area (Å²) in [5.74, 6) is 0.331. The smallest absolute Gasteiger partial charge is 0.268 e. The number of thiazole rings is 1. The predicted molar refractivity (Wildman–Crippen MR) is 130 cm³/mol. The fourth-order valence-electron chi connectivity index (χ4n) is 3.69. The SMILES string of the molecule is CCCCN(C)C(=O)CN1C(=O)C(CC)Oc2ccc(-c3csc(-c4ccccn4)n3)cc21. The first-order valence-electron chi connectivity index (χ1n) is 11.2. The maximum atomic E-state index is 13.1. The van der Waals surface area contributed by atoms with Crippen molar-refractivity contribution < 1.29 is 14.3 Å². The molecular formula is C25H28N4O3S. The average molecular weight is 465 g/mol. The molecule has 8 heteroatoms. The van der Waals surface area contributed by atoms with Crippen molar-refractivity contribution in [3.05, 3.63) is 48.0 Å². The third-order valence-electron chi connectivity index (χ3n) is 5.68. The van der Waals surface area contributed by atoms with E-state index in [0.29, 0.717) is 24.4 Å². The van der Waals surface area contributed by atoms with Crippen LogP contribution in [0.5, 0.6) is 5.75 Å². The van der Waals surface area contributed by atoms with Gasteiger partial charge < -0.3 is 9.64 Å².